The Morgan fingerprint density at radius 1 is 1.32 bits per heavy atom. The molecule has 0 atom stereocenters. The Bertz CT molecular complexity index is 591. The van der Waals surface area contributed by atoms with Gasteiger partial charge >= 0.3 is 0 Å². The molecule has 1 aromatic heterocycles. The van der Waals surface area contributed by atoms with E-state index in [1.165, 1.54) is 0 Å². The summed E-state index contributed by atoms with van der Waals surface area (Å²) >= 11 is 0. The van der Waals surface area contributed by atoms with E-state index in [-0.39, 0.29) is 11.7 Å². The molecular weight excluding hydrogens is 240 g/mol. The minimum Gasteiger partial charge on any atom is -0.497 e. The molecule has 1 aromatic carbocycles. The van der Waals surface area contributed by atoms with Gasteiger partial charge < -0.3 is 9.15 Å². The van der Waals surface area contributed by atoms with Crippen LogP contribution in [0, 0.1) is 12.8 Å². The third-order valence-electron chi connectivity index (χ3n) is 3.72. The van der Waals surface area contributed by atoms with E-state index in [1.54, 1.807) is 7.11 Å². The molecule has 3 heteroatoms. The maximum absolute atomic E-state index is 12.4. The Morgan fingerprint density at radius 2 is 2.00 bits per heavy atom. The summed E-state index contributed by atoms with van der Waals surface area (Å²) < 4.78 is 10.9. The summed E-state index contributed by atoms with van der Waals surface area (Å²) in [5.74, 6) is 1.42. The van der Waals surface area contributed by atoms with Gasteiger partial charge in [0.05, 0.1) is 7.11 Å². The third kappa shape index (κ3) is 2.37. The number of hydrogen-bond donors (Lipinski definition) is 0. The van der Waals surface area contributed by atoms with Crippen molar-refractivity contribution in [2.45, 2.75) is 33.6 Å². The molecule has 0 saturated carbocycles. The topological polar surface area (TPSA) is 39.4 Å². The van der Waals surface area contributed by atoms with Gasteiger partial charge in [0.2, 0.25) is 5.78 Å². The molecule has 1 heterocycles. The summed E-state index contributed by atoms with van der Waals surface area (Å²) in [7, 11) is 1.63. The van der Waals surface area contributed by atoms with Crippen molar-refractivity contribution in [2.24, 2.45) is 5.92 Å². The molecule has 0 radical (unpaired) electrons. The summed E-state index contributed by atoms with van der Waals surface area (Å²) in [5, 5.41) is 0.952. The second-order valence-electron chi connectivity index (χ2n) is 4.80. The molecule has 0 spiro atoms. The Labute approximate surface area is 113 Å². The van der Waals surface area contributed by atoms with Crippen molar-refractivity contribution in [3.63, 3.8) is 0 Å². The minimum atomic E-state index is 0.0427. The van der Waals surface area contributed by atoms with Gasteiger partial charge in [0.1, 0.15) is 11.3 Å². The van der Waals surface area contributed by atoms with Crippen LogP contribution >= 0.6 is 0 Å². The fourth-order valence-electron chi connectivity index (χ4n) is 2.41. The fraction of sp³-hybridized carbons (Fsp3) is 0.438. The number of furan rings is 1. The van der Waals surface area contributed by atoms with Gasteiger partial charge in [0, 0.05) is 16.9 Å². The van der Waals surface area contributed by atoms with Crippen molar-refractivity contribution in [1.82, 2.24) is 0 Å². The number of fused-ring (bicyclic) bond motifs is 1. The maximum atomic E-state index is 12.4. The molecule has 19 heavy (non-hydrogen) atoms. The first-order chi connectivity index (χ1) is 9.12. The number of ether oxygens (including phenoxy) is 1. The normalized spacial score (nSPS) is 11.2. The average Bonchev–Trinajstić information content (AvgIpc) is 2.77. The summed E-state index contributed by atoms with van der Waals surface area (Å²) in [5.41, 5.74) is 1.65. The van der Waals surface area contributed by atoms with E-state index in [2.05, 4.69) is 0 Å². The lowest BCUT2D eigenvalue weighted by Crippen LogP contribution is -2.13. The first-order valence-electron chi connectivity index (χ1n) is 6.73. The molecule has 0 N–H and O–H groups in total. The second kappa shape index (κ2) is 5.47. The largest absolute Gasteiger partial charge is 0.497 e. The van der Waals surface area contributed by atoms with E-state index >= 15 is 0 Å². The molecule has 2 aromatic rings. The van der Waals surface area contributed by atoms with E-state index in [0.717, 1.165) is 35.1 Å². The standard InChI is InChI=1S/C16H20O3/c1-5-11(6-2)15(17)16-10(3)13-9-12(18-4)7-8-14(13)19-16/h7-9,11H,5-6H2,1-4H3. The molecule has 0 aliphatic carbocycles. The number of methoxy groups -OCH3 is 1. The van der Waals surface area contributed by atoms with Crippen LogP contribution in [0.1, 0.15) is 42.8 Å². The Hall–Kier alpha value is -1.77. The van der Waals surface area contributed by atoms with Gasteiger partial charge in [-0.25, -0.2) is 0 Å². The van der Waals surface area contributed by atoms with Crippen molar-refractivity contribution in [1.29, 1.82) is 0 Å². The Balaban J connectivity index is 2.50. The molecule has 2 rings (SSSR count). The van der Waals surface area contributed by atoms with Crippen LogP contribution in [-0.4, -0.2) is 12.9 Å². The summed E-state index contributed by atoms with van der Waals surface area (Å²) in [4.78, 5) is 12.4. The van der Waals surface area contributed by atoms with Crippen molar-refractivity contribution < 1.29 is 13.9 Å². The number of benzene rings is 1. The summed E-state index contributed by atoms with van der Waals surface area (Å²) in [6.07, 6.45) is 1.68. The van der Waals surface area contributed by atoms with Crippen molar-refractivity contribution >= 4 is 16.8 Å². The number of aryl methyl sites for hydroxylation is 1. The van der Waals surface area contributed by atoms with E-state index in [4.69, 9.17) is 9.15 Å². The fourth-order valence-corrected chi connectivity index (χ4v) is 2.41. The van der Waals surface area contributed by atoms with Crippen molar-refractivity contribution in [2.75, 3.05) is 7.11 Å². The molecule has 0 aliphatic rings. The quantitative estimate of drug-likeness (QED) is 0.749. The highest BCUT2D eigenvalue weighted by Gasteiger charge is 2.23. The number of carbonyl (C=O) groups excluding carboxylic acids is 1. The number of carbonyl (C=O) groups is 1. The first-order valence-corrected chi connectivity index (χ1v) is 6.73. The maximum Gasteiger partial charge on any atom is 0.201 e. The molecule has 0 saturated heterocycles. The monoisotopic (exact) mass is 260 g/mol. The predicted molar refractivity (Wildman–Crippen MR) is 75.9 cm³/mol. The zero-order valence-electron chi connectivity index (χ0n) is 11.9. The molecule has 0 aliphatic heterocycles. The first kappa shape index (κ1) is 13.7. The second-order valence-corrected chi connectivity index (χ2v) is 4.80. The lowest BCUT2D eigenvalue weighted by Gasteiger charge is -2.08. The molecule has 102 valence electrons. The van der Waals surface area contributed by atoms with Crippen molar-refractivity contribution in [3.8, 4) is 5.75 Å². The highest BCUT2D eigenvalue weighted by Crippen LogP contribution is 2.30. The van der Waals surface area contributed by atoms with Crippen LogP contribution in [0.5, 0.6) is 5.75 Å². The zero-order valence-corrected chi connectivity index (χ0v) is 11.9. The van der Waals surface area contributed by atoms with Crippen LogP contribution in [0.3, 0.4) is 0 Å². The van der Waals surface area contributed by atoms with Crippen LogP contribution in [0.15, 0.2) is 22.6 Å². The van der Waals surface area contributed by atoms with Gasteiger partial charge in [0.15, 0.2) is 5.76 Å². The van der Waals surface area contributed by atoms with Crippen LogP contribution in [-0.2, 0) is 0 Å². The van der Waals surface area contributed by atoms with E-state index < -0.39 is 0 Å². The van der Waals surface area contributed by atoms with Gasteiger partial charge in [0.25, 0.3) is 0 Å². The predicted octanol–water partition coefficient (Wildman–Crippen LogP) is 4.37. The van der Waals surface area contributed by atoms with Gasteiger partial charge in [-0.3, -0.25) is 4.79 Å². The molecule has 3 nitrogen and oxygen atoms in total. The lowest BCUT2D eigenvalue weighted by atomic mass is 9.95. The smallest absolute Gasteiger partial charge is 0.201 e. The van der Waals surface area contributed by atoms with Crippen LogP contribution in [0.4, 0.5) is 0 Å². The van der Waals surface area contributed by atoms with Crippen LogP contribution < -0.4 is 4.74 Å². The van der Waals surface area contributed by atoms with Gasteiger partial charge in [-0.05, 0) is 38.0 Å². The summed E-state index contributed by atoms with van der Waals surface area (Å²) in [6, 6.07) is 5.61. The molecule has 0 unspecified atom stereocenters. The number of rotatable bonds is 5. The van der Waals surface area contributed by atoms with Crippen LogP contribution in [0.25, 0.3) is 11.0 Å². The molecule has 0 fully saturated rings. The third-order valence-corrected chi connectivity index (χ3v) is 3.72. The zero-order chi connectivity index (χ0) is 14.0. The van der Waals surface area contributed by atoms with Crippen LogP contribution in [0.2, 0.25) is 0 Å². The van der Waals surface area contributed by atoms with E-state index in [9.17, 15) is 4.79 Å². The average molecular weight is 260 g/mol. The highest BCUT2D eigenvalue weighted by molar-refractivity contribution is 6.01. The number of hydrogen-bond acceptors (Lipinski definition) is 3. The Morgan fingerprint density at radius 3 is 2.58 bits per heavy atom. The van der Waals surface area contributed by atoms with Crippen molar-refractivity contribution in [3.05, 3.63) is 29.5 Å². The van der Waals surface area contributed by atoms with Gasteiger partial charge in [-0.2, -0.15) is 0 Å². The lowest BCUT2D eigenvalue weighted by molar-refractivity contribution is 0.0886. The number of ketones is 1. The SMILES string of the molecule is CCC(CC)C(=O)c1oc2ccc(OC)cc2c1C. The Kier molecular flexibility index (Phi) is 3.93. The van der Waals surface area contributed by atoms with E-state index in [0.29, 0.717) is 5.76 Å². The molecular formula is C16H20O3. The number of Topliss-reactive ketones (excluding diaryl/α,β-unsaturated/α-hetero) is 1. The van der Waals surface area contributed by atoms with Gasteiger partial charge in [-0.1, -0.05) is 13.8 Å². The minimum absolute atomic E-state index is 0.0427. The molecule has 0 bridgehead atoms. The summed E-state index contributed by atoms with van der Waals surface area (Å²) in [6.45, 7) is 6.00. The van der Waals surface area contributed by atoms with E-state index in [1.807, 2.05) is 39.0 Å². The van der Waals surface area contributed by atoms with Gasteiger partial charge in [-0.15, -0.1) is 0 Å². The molecule has 0 amide bonds. The highest BCUT2D eigenvalue weighted by atomic mass is 16.5.